The first-order valence-corrected chi connectivity index (χ1v) is 6.85. The van der Waals surface area contributed by atoms with Crippen molar-refractivity contribution in [3.8, 4) is 0 Å². The molecule has 2 N–H and O–H groups in total. The number of carboxylic acids is 1. The lowest BCUT2D eigenvalue weighted by Gasteiger charge is -2.19. The molecule has 18 heavy (non-hydrogen) atoms. The van der Waals surface area contributed by atoms with E-state index in [9.17, 15) is 9.59 Å². The Morgan fingerprint density at radius 2 is 2.00 bits per heavy atom. The van der Waals surface area contributed by atoms with Crippen LogP contribution in [-0.4, -0.2) is 23.0 Å². The smallest absolute Gasteiger partial charge is 0.307 e. The summed E-state index contributed by atoms with van der Waals surface area (Å²) in [6.45, 7) is 5.12. The van der Waals surface area contributed by atoms with Gasteiger partial charge in [-0.1, -0.05) is 19.9 Å². The average molecular weight is 269 g/mol. The van der Waals surface area contributed by atoms with Crippen LogP contribution in [0.2, 0.25) is 0 Å². The Bertz CT molecular complexity index is 402. The highest BCUT2D eigenvalue weighted by Gasteiger charge is 2.26. The van der Waals surface area contributed by atoms with E-state index in [0.29, 0.717) is 0 Å². The molecule has 3 atom stereocenters. The Morgan fingerprint density at radius 3 is 2.50 bits per heavy atom. The van der Waals surface area contributed by atoms with Gasteiger partial charge in [-0.25, -0.2) is 0 Å². The second-order valence-electron chi connectivity index (χ2n) is 4.61. The highest BCUT2D eigenvalue weighted by atomic mass is 32.1. The molecule has 0 radical (unpaired) electrons. The molecule has 100 valence electrons. The quantitative estimate of drug-likeness (QED) is 0.831. The molecular weight excluding hydrogens is 250 g/mol. The van der Waals surface area contributed by atoms with Crippen molar-refractivity contribution in [1.82, 2.24) is 5.32 Å². The van der Waals surface area contributed by atoms with Crippen molar-refractivity contribution < 1.29 is 14.7 Å². The molecule has 0 aliphatic rings. The third kappa shape index (κ3) is 4.14. The van der Waals surface area contributed by atoms with E-state index in [1.807, 2.05) is 24.4 Å². The van der Waals surface area contributed by atoms with Gasteiger partial charge in [0.05, 0.1) is 5.92 Å². The van der Waals surface area contributed by atoms with Crippen molar-refractivity contribution >= 4 is 23.2 Å². The molecule has 5 heteroatoms. The molecule has 1 amide bonds. The van der Waals surface area contributed by atoms with Crippen molar-refractivity contribution in [3.63, 3.8) is 0 Å². The third-order valence-corrected chi connectivity index (χ3v) is 3.93. The number of carbonyl (C=O) groups excluding carboxylic acids is 1. The van der Waals surface area contributed by atoms with Gasteiger partial charge in [-0.3, -0.25) is 9.59 Å². The summed E-state index contributed by atoms with van der Waals surface area (Å²) in [5.74, 6) is -2.33. The summed E-state index contributed by atoms with van der Waals surface area (Å²) < 4.78 is 0. The van der Waals surface area contributed by atoms with E-state index in [4.69, 9.17) is 5.11 Å². The van der Waals surface area contributed by atoms with E-state index in [-0.39, 0.29) is 11.9 Å². The lowest BCUT2D eigenvalue weighted by Crippen LogP contribution is -2.40. The standard InChI is InChI=1S/C13H19NO3S/c1-8(7-11-5-4-6-18-11)14-12(15)9(2)10(3)13(16)17/h4-6,8-10H,7H2,1-3H3,(H,14,15)(H,16,17). The molecule has 0 aliphatic carbocycles. The monoisotopic (exact) mass is 269 g/mol. The molecule has 0 spiro atoms. The maximum Gasteiger partial charge on any atom is 0.307 e. The Labute approximate surface area is 111 Å². The second-order valence-corrected chi connectivity index (χ2v) is 5.64. The summed E-state index contributed by atoms with van der Waals surface area (Å²) >= 11 is 1.65. The first kappa shape index (κ1) is 14.7. The lowest BCUT2D eigenvalue weighted by molar-refractivity contribution is -0.146. The predicted molar refractivity (Wildman–Crippen MR) is 71.6 cm³/mol. The second kappa shape index (κ2) is 6.54. The van der Waals surface area contributed by atoms with Crippen LogP contribution in [0.3, 0.4) is 0 Å². The fraction of sp³-hybridized carbons (Fsp3) is 0.538. The Balaban J connectivity index is 2.46. The van der Waals surface area contributed by atoms with E-state index >= 15 is 0 Å². The van der Waals surface area contributed by atoms with Crippen LogP contribution in [-0.2, 0) is 16.0 Å². The third-order valence-electron chi connectivity index (χ3n) is 3.03. The van der Waals surface area contributed by atoms with Crippen LogP contribution in [0.4, 0.5) is 0 Å². The van der Waals surface area contributed by atoms with Gasteiger partial charge in [-0.15, -0.1) is 11.3 Å². The largest absolute Gasteiger partial charge is 0.481 e. The zero-order valence-electron chi connectivity index (χ0n) is 10.8. The van der Waals surface area contributed by atoms with Gasteiger partial charge < -0.3 is 10.4 Å². The fourth-order valence-electron chi connectivity index (χ4n) is 1.60. The van der Waals surface area contributed by atoms with Crippen molar-refractivity contribution in [1.29, 1.82) is 0 Å². The van der Waals surface area contributed by atoms with Gasteiger partial charge >= 0.3 is 5.97 Å². The molecule has 0 aliphatic heterocycles. The van der Waals surface area contributed by atoms with Gasteiger partial charge in [0.25, 0.3) is 0 Å². The fourth-order valence-corrected chi connectivity index (χ4v) is 2.43. The number of amides is 1. The number of hydrogen-bond donors (Lipinski definition) is 2. The number of hydrogen-bond acceptors (Lipinski definition) is 3. The Hall–Kier alpha value is -1.36. The lowest BCUT2D eigenvalue weighted by atomic mass is 9.95. The summed E-state index contributed by atoms with van der Waals surface area (Å²) in [5.41, 5.74) is 0. The van der Waals surface area contributed by atoms with Crippen molar-refractivity contribution in [2.24, 2.45) is 11.8 Å². The molecule has 4 nitrogen and oxygen atoms in total. The van der Waals surface area contributed by atoms with Gasteiger partial charge in [0.15, 0.2) is 0 Å². The minimum Gasteiger partial charge on any atom is -0.481 e. The number of aliphatic carboxylic acids is 1. The Kier molecular flexibility index (Phi) is 5.34. The van der Waals surface area contributed by atoms with Crippen LogP contribution >= 0.6 is 11.3 Å². The summed E-state index contributed by atoms with van der Waals surface area (Å²) in [5, 5.41) is 13.7. The number of rotatable bonds is 6. The van der Waals surface area contributed by atoms with Crippen LogP contribution in [0.15, 0.2) is 17.5 Å². The van der Waals surface area contributed by atoms with Gasteiger partial charge in [-0.05, 0) is 18.4 Å². The molecule has 1 aromatic rings. The molecule has 0 saturated heterocycles. The van der Waals surface area contributed by atoms with Crippen LogP contribution in [0.25, 0.3) is 0 Å². The molecule has 1 rings (SSSR count). The maximum absolute atomic E-state index is 11.9. The van der Waals surface area contributed by atoms with E-state index in [1.165, 1.54) is 4.88 Å². The van der Waals surface area contributed by atoms with Crippen LogP contribution < -0.4 is 5.32 Å². The predicted octanol–water partition coefficient (Wildman–Crippen LogP) is 2.15. The topological polar surface area (TPSA) is 66.4 Å². The molecule has 0 saturated carbocycles. The van der Waals surface area contributed by atoms with Crippen LogP contribution in [0, 0.1) is 11.8 Å². The van der Waals surface area contributed by atoms with Gasteiger partial charge in [0, 0.05) is 23.3 Å². The Morgan fingerprint density at radius 1 is 1.33 bits per heavy atom. The summed E-state index contributed by atoms with van der Waals surface area (Å²) in [7, 11) is 0. The van der Waals surface area contributed by atoms with E-state index < -0.39 is 17.8 Å². The number of carbonyl (C=O) groups is 2. The summed E-state index contributed by atoms with van der Waals surface area (Å²) in [6.07, 6.45) is 0.775. The van der Waals surface area contributed by atoms with Crippen LogP contribution in [0.5, 0.6) is 0 Å². The van der Waals surface area contributed by atoms with Gasteiger partial charge in [0.1, 0.15) is 0 Å². The van der Waals surface area contributed by atoms with E-state index in [2.05, 4.69) is 5.32 Å². The van der Waals surface area contributed by atoms with Gasteiger partial charge in [0.2, 0.25) is 5.91 Å². The molecular formula is C13H19NO3S. The highest BCUT2D eigenvalue weighted by molar-refractivity contribution is 7.09. The average Bonchev–Trinajstić information content (AvgIpc) is 2.79. The minimum atomic E-state index is -0.941. The molecule has 0 aromatic carbocycles. The molecule has 0 fully saturated rings. The summed E-state index contributed by atoms with van der Waals surface area (Å²) in [6, 6.07) is 4.01. The van der Waals surface area contributed by atoms with E-state index in [0.717, 1.165) is 6.42 Å². The normalized spacial score (nSPS) is 15.7. The zero-order valence-corrected chi connectivity index (χ0v) is 11.7. The van der Waals surface area contributed by atoms with Crippen molar-refractivity contribution in [2.45, 2.75) is 33.2 Å². The highest BCUT2D eigenvalue weighted by Crippen LogP contribution is 2.14. The minimum absolute atomic E-state index is 0.0135. The molecule has 1 aromatic heterocycles. The van der Waals surface area contributed by atoms with Crippen LogP contribution in [0.1, 0.15) is 25.6 Å². The SMILES string of the molecule is CC(Cc1cccs1)NC(=O)C(C)C(C)C(=O)O. The number of nitrogens with one attached hydrogen (secondary N) is 1. The van der Waals surface area contributed by atoms with Gasteiger partial charge in [-0.2, -0.15) is 0 Å². The van der Waals surface area contributed by atoms with Crippen molar-refractivity contribution in [2.75, 3.05) is 0 Å². The molecule has 3 unspecified atom stereocenters. The van der Waals surface area contributed by atoms with Crippen molar-refractivity contribution in [3.05, 3.63) is 22.4 Å². The first-order valence-electron chi connectivity index (χ1n) is 5.97. The van der Waals surface area contributed by atoms with E-state index in [1.54, 1.807) is 25.2 Å². The summed E-state index contributed by atoms with van der Waals surface area (Å²) in [4.78, 5) is 23.9. The number of carboxylic acid groups (broad SMARTS) is 1. The molecule has 1 heterocycles. The zero-order chi connectivity index (χ0) is 13.7. The maximum atomic E-state index is 11.9. The number of thiophene rings is 1. The molecule has 0 bridgehead atoms. The first-order chi connectivity index (χ1) is 8.41.